The van der Waals surface area contributed by atoms with Crippen molar-refractivity contribution in [3.05, 3.63) is 53.6 Å². The van der Waals surface area contributed by atoms with E-state index < -0.39 is 0 Å². The van der Waals surface area contributed by atoms with Crippen molar-refractivity contribution in [2.75, 3.05) is 7.11 Å². The Morgan fingerprint density at radius 3 is 2.88 bits per heavy atom. The zero-order valence-electron chi connectivity index (χ0n) is 9.94. The molecule has 1 aliphatic rings. The first-order valence-corrected chi connectivity index (χ1v) is 5.53. The Balaban J connectivity index is 2.11. The number of hydrogen-bond acceptors (Lipinski definition) is 2. The van der Waals surface area contributed by atoms with Crippen LogP contribution in [-0.4, -0.2) is 13.2 Å². The minimum Gasteiger partial charge on any atom is -0.459 e. The average Bonchev–Trinajstić information content (AvgIpc) is 2.33. The summed E-state index contributed by atoms with van der Waals surface area (Å²) in [4.78, 5) is 0. The molecule has 0 saturated carbocycles. The van der Waals surface area contributed by atoms with Crippen LogP contribution in [0.15, 0.2) is 42.2 Å². The van der Waals surface area contributed by atoms with Gasteiger partial charge < -0.3 is 9.47 Å². The van der Waals surface area contributed by atoms with Crippen LogP contribution in [0.2, 0.25) is 0 Å². The Hall–Kier alpha value is -1.61. The molecule has 0 heterocycles. The summed E-state index contributed by atoms with van der Waals surface area (Å²) in [6.07, 6.45) is 6.26. The van der Waals surface area contributed by atoms with Crippen LogP contribution in [-0.2, 0) is 4.74 Å². The smallest absolute Gasteiger partial charge is 0.165 e. The summed E-state index contributed by atoms with van der Waals surface area (Å²) in [5.74, 6) is 0.628. The first-order chi connectivity index (χ1) is 8.19. The lowest BCUT2D eigenvalue weighted by Crippen LogP contribution is -2.13. The van der Waals surface area contributed by atoms with E-state index in [0.717, 1.165) is 5.56 Å². The molecule has 0 N–H and O–H groups in total. The number of allylic oxidation sites excluding steroid dienone is 2. The molecule has 0 saturated heterocycles. The van der Waals surface area contributed by atoms with E-state index in [9.17, 15) is 4.39 Å². The average molecular weight is 234 g/mol. The quantitative estimate of drug-likeness (QED) is 0.798. The summed E-state index contributed by atoms with van der Waals surface area (Å²) >= 11 is 0. The highest BCUT2D eigenvalue weighted by Gasteiger charge is 2.13. The Labute approximate surface area is 100 Å². The number of ether oxygens (including phenoxy) is 2. The SMILES string of the molecule is COC1C=CC=C(Oc2ccc(C)cc2F)C1. The molecule has 0 bridgehead atoms. The molecule has 1 atom stereocenters. The van der Waals surface area contributed by atoms with Gasteiger partial charge in [0, 0.05) is 13.5 Å². The fraction of sp³-hybridized carbons (Fsp3) is 0.286. The molecule has 1 aliphatic carbocycles. The lowest BCUT2D eigenvalue weighted by Gasteiger charge is -2.17. The van der Waals surface area contributed by atoms with Crippen LogP contribution in [0.1, 0.15) is 12.0 Å². The molecule has 1 aromatic rings. The van der Waals surface area contributed by atoms with Crippen LogP contribution in [0.5, 0.6) is 5.75 Å². The van der Waals surface area contributed by atoms with E-state index in [1.807, 2.05) is 31.2 Å². The van der Waals surface area contributed by atoms with Gasteiger partial charge in [-0.3, -0.25) is 0 Å². The number of benzene rings is 1. The monoisotopic (exact) mass is 234 g/mol. The molecule has 0 fully saturated rings. The molecule has 0 aliphatic heterocycles. The van der Waals surface area contributed by atoms with Gasteiger partial charge >= 0.3 is 0 Å². The van der Waals surface area contributed by atoms with Gasteiger partial charge in [0.2, 0.25) is 0 Å². The largest absolute Gasteiger partial charge is 0.459 e. The van der Waals surface area contributed by atoms with Crippen LogP contribution < -0.4 is 4.74 Å². The van der Waals surface area contributed by atoms with Gasteiger partial charge in [-0.2, -0.15) is 0 Å². The van der Waals surface area contributed by atoms with Crippen molar-refractivity contribution in [3.8, 4) is 5.75 Å². The highest BCUT2D eigenvalue weighted by molar-refractivity contribution is 5.31. The highest BCUT2D eigenvalue weighted by atomic mass is 19.1. The first-order valence-electron chi connectivity index (χ1n) is 5.53. The zero-order chi connectivity index (χ0) is 12.3. The summed E-state index contributed by atoms with van der Waals surface area (Å²) in [6, 6.07) is 4.93. The Morgan fingerprint density at radius 2 is 2.18 bits per heavy atom. The van der Waals surface area contributed by atoms with Gasteiger partial charge in [0.1, 0.15) is 5.76 Å². The molecule has 2 nitrogen and oxygen atoms in total. The second kappa shape index (κ2) is 5.15. The highest BCUT2D eigenvalue weighted by Crippen LogP contribution is 2.24. The zero-order valence-corrected chi connectivity index (χ0v) is 9.94. The van der Waals surface area contributed by atoms with Gasteiger partial charge in [0.25, 0.3) is 0 Å². The third-order valence-electron chi connectivity index (χ3n) is 2.64. The Kier molecular flexibility index (Phi) is 3.59. The summed E-state index contributed by atoms with van der Waals surface area (Å²) in [6.45, 7) is 1.84. The predicted molar refractivity (Wildman–Crippen MR) is 64.4 cm³/mol. The van der Waals surface area contributed by atoms with Gasteiger partial charge in [0.05, 0.1) is 6.10 Å². The number of halogens is 1. The minimum absolute atomic E-state index is 0.00325. The fourth-order valence-corrected chi connectivity index (χ4v) is 1.69. The van der Waals surface area contributed by atoms with Crippen molar-refractivity contribution in [2.24, 2.45) is 0 Å². The standard InChI is InChI=1S/C14H15FO2/c1-10-6-7-14(13(15)8-10)17-12-5-3-4-11(9-12)16-2/h3-8,11H,9H2,1-2H3. The number of aryl methyl sites for hydroxylation is 1. The van der Waals surface area contributed by atoms with E-state index in [2.05, 4.69) is 0 Å². The van der Waals surface area contributed by atoms with Gasteiger partial charge in [-0.15, -0.1) is 0 Å². The molecule has 0 aromatic heterocycles. The van der Waals surface area contributed by atoms with E-state index in [0.29, 0.717) is 12.2 Å². The first kappa shape index (κ1) is 11.9. The molecular weight excluding hydrogens is 219 g/mol. The van der Waals surface area contributed by atoms with Gasteiger partial charge in [0.15, 0.2) is 11.6 Å². The van der Waals surface area contributed by atoms with E-state index in [-0.39, 0.29) is 17.7 Å². The molecule has 0 amide bonds. The third-order valence-corrected chi connectivity index (χ3v) is 2.64. The summed E-state index contributed by atoms with van der Waals surface area (Å²) in [5.41, 5.74) is 0.877. The molecule has 0 radical (unpaired) electrons. The third kappa shape index (κ3) is 2.94. The lowest BCUT2D eigenvalue weighted by molar-refractivity contribution is 0.130. The second-order valence-corrected chi connectivity index (χ2v) is 4.03. The fourth-order valence-electron chi connectivity index (χ4n) is 1.69. The van der Waals surface area contributed by atoms with Crippen molar-refractivity contribution < 1.29 is 13.9 Å². The minimum atomic E-state index is -0.339. The lowest BCUT2D eigenvalue weighted by atomic mass is 10.1. The maximum atomic E-state index is 13.6. The second-order valence-electron chi connectivity index (χ2n) is 4.03. The topological polar surface area (TPSA) is 18.5 Å². The molecule has 2 rings (SSSR count). The molecule has 3 heteroatoms. The molecule has 1 unspecified atom stereocenters. The van der Waals surface area contributed by atoms with E-state index in [1.54, 1.807) is 13.2 Å². The van der Waals surface area contributed by atoms with Gasteiger partial charge in [-0.1, -0.05) is 18.2 Å². The predicted octanol–water partition coefficient (Wildman–Crippen LogP) is 3.37. The number of methoxy groups -OCH3 is 1. The van der Waals surface area contributed by atoms with Crippen molar-refractivity contribution in [1.82, 2.24) is 0 Å². The number of rotatable bonds is 3. The van der Waals surface area contributed by atoms with Crippen molar-refractivity contribution in [1.29, 1.82) is 0 Å². The van der Waals surface area contributed by atoms with E-state index >= 15 is 0 Å². The van der Waals surface area contributed by atoms with E-state index in [1.165, 1.54) is 6.07 Å². The van der Waals surface area contributed by atoms with Crippen molar-refractivity contribution in [2.45, 2.75) is 19.4 Å². The maximum absolute atomic E-state index is 13.6. The van der Waals surface area contributed by atoms with Gasteiger partial charge in [-0.25, -0.2) is 4.39 Å². The number of hydrogen-bond donors (Lipinski definition) is 0. The van der Waals surface area contributed by atoms with Crippen LogP contribution in [0, 0.1) is 12.7 Å². The van der Waals surface area contributed by atoms with Crippen LogP contribution in [0.25, 0.3) is 0 Å². The van der Waals surface area contributed by atoms with Crippen LogP contribution in [0.4, 0.5) is 4.39 Å². The molecular formula is C14H15FO2. The normalized spacial score (nSPS) is 19.0. The van der Waals surface area contributed by atoms with Gasteiger partial charge in [-0.05, 0) is 30.7 Å². The Bertz CT molecular complexity index is 463. The molecule has 0 spiro atoms. The van der Waals surface area contributed by atoms with E-state index in [4.69, 9.17) is 9.47 Å². The summed E-state index contributed by atoms with van der Waals surface area (Å²) in [7, 11) is 1.64. The molecule has 90 valence electrons. The molecule has 17 heavy (non-hydrogen) atoms. The van der Waals surface area contributed by atoms with Crippen molar-refractivity contribution >= 4 is 0 Å². The summed E-state index contributed by atoms with van der Waals surface area (Å²) in [5, 5.41) is 0. The summed E-state index contributed by atoms with van der Waals surface area (Å²) < 4.78 is 24.3. The maximum Gasteiger partial charge on any atom is 0.165 e. The Morgan fingerprint density at radius 1 is 1.35 bits per heavy atom. The van der Waals surface area contributed by atoms with Crippen LogP contribution in [0.3, 0.4) is 0 Å². The molecule has 1 aromatic carbocycles. The van der Waals surface area contributed by atoms with Crippen LogP contribution >= 0.6 is 0 Å². The van der Waals surface area contributed by atoms with Crippen molar-refractivity contribution in [3.63, 3.8) is 0 Å².